The summed E-state index contributed by atoms with van der Waals surface area (Å²) in [6.45, 7) is 0.351. The molecule has 0 radical (unpaired) electrons. The maximum atomic E-state index is 12.8. The number of carbonyl (C=O) groups excluding carboxylic acids is 1. The molecule has 4 heteroatoms. The molecule has 3 nitrogen and oxygen atoms in total. The fourth-order valence-corrected chi connectivity index (χ4v) is 1.45. The molecule has 1 aromatic rings. The largest absolute Gasteiger partial charge is 0.493 e. The molecule has 0 spiro atoms. The fraction of sp³-hybridized carbons (Fsp3) is 0.300. The van der Waals surface area contributed by atoms with Gasteiger partial charge in [0.15, 0.2) is 5.78 Å². The molecular formula is C10H10FNO2. The first kappa shape index (κ1) is 9.15. The third kappa shape index (κ3) is 1.48. The van der Waals surface area contributed by atoms with E-state index in [2.05, 4.69) is 0 Å². The predicted octanol–water partition coefficient (Wildman–Crippen LogP) is 1.12. The zero-order chi connectivity index (χ0) is 10.1. The Bertz CT molecular complexity index is 378. The lowest BCUT2D eigenvalue weighted by atomic mass is 10.0. The molecule has 1 aromatic carbocycles. The van der Waals surface area contributed by atoms with Crippen LogP contribution in [0.1, 0.15) is 16.8 Å². The summed E-state index contributed by atoms with van der Waals surface area (Å²) in [6, 6.07) is 3.32. The van der Waals surface area contributed by atoms with Crippen LogP contribution in [0.15, 0.2) is 18.2 Å². The van der Waals surface area contributed by atoms with Crippen molar-refractivity contribution in [1.29, 1.82) is 0 Å². The van der Waals surface area contributed by atoms with Crippen LogP contribution in [-0.4, -0.2) is 18.4 Å². The predicted molar refractivity (Wildman–Crippen MR) is 48.8 cm³/mol. The van der Waals surface area contributed by atoms with E-state index < -0.39 is 11.9 Å². The zero-order valence-corrected chi connectivity index (χ0v) is 7.50. The number of fused-ring (bicyclic) bond motifs is 1. The summed E-state index contributed by atoms with van der Waals surface area (Å²) in [6.07, 6.45) is 0.467. The van der Waals surface area contributed by atoms with Crippen LogP contribution in [0.3, 0.4) is 0 Å². The number of ether oxygens (including phenoxy) is 1. The Kier molecular flexibility index (Phi) is 2.21. The monoisotopic (exact) mass is 195 g/mol. The number of hydrogen-bond donors (Lipinski definition) is 1. The lowest BCUT2D eigenvalue weighted by Crippen LogP contribution is -2.30. The molecule has 0 saturated carbocycles. The van der Waals surface area contributed by atoms with Crippen LogP contribution in [0, 0.1) is 5.82 Å². The number of nitrogens with two attached hydrogens (primary N) is 1. The van der Waals surface area contributed by atoms with E-state index in [9.17, 15) is 9.18 Å². The molecule has 0 aliphatic carbocycles. The maximum Gasteiger partial charge on any atom is 0.183 e. The summed E-state index contributed by atoms with van der Waals surface area (Å²) >= 11 is 0. The summed E-state index contributed by atoms with van der Waals surface area (Å²) in [5, 5.41) is 0. The van der Waals surface area contributed by atoms with Gasteiger partial charge in [0.2, 0.25) is 0 Å². The van der Waals surface area contributed by atoms with E-state index in [0.29, 0.717) is 24.3 Å². The van der Waals surface area contributed by atoms with Gasteiger partial charge in [-0.25, -0.2) is 4.39 Å². The van der Waals surface area contributed by atoms with Crippen molar-refractivity contribution in [2.75, 3.05) is 6.61 Å². The highest BCUT2D eigenvalue weighted by atomic mass is 19.1. The van der Waals surface area contributed by atoms with Gasteiger partial charge in [-0.1, -0.05) is 0 Å². The molecule has 0 bridgehead atoms. The topological polar surface area (TPSA) is 52.3 Å². The van der Waals surface area contributed by atoms with Crippen molar-refractivity contribution in [2.24, 2.45) is 5.73 Å². The highest BCUT2D eigenvalue weighted by molar-refractivity contribution is 6.02. The van der Waals surface area contributed by atoms with Crippen molar-refractivity contribution >= 4 is 5.78 Å². The molecule has 1 aliphatic rings. The number of ketones is 1. The highest BCUT2D eigenvalue weighted by Gasteiger charge is 2.23. The molecule has 0 aromatic heterocycles. The molecule has 14 heavy (non-hydrogen) atoms. The van der Waals surface area contributed by atoms with Crippen LogP contribution in [0.5, 0.6) is 5.75 Å². The molecule has 1 heterocycles. The van der Waals surface area contributed by atoms with Crippen molar-refractivity contribution in [1.82, 2.24) is 0 Å². The van der Waals surface area contributed by atoms with Gasteiger partial charge < -0.3 is 10.5 Å². The van der Waals surface area contributed by atoms with E-state index in [1.54, 1.807) is 0 Å². The summed E-state index contributed by atoms with van der Waals surface area (Å²) in [7, 11) is 0. The first-order valence-electron chi connectivity index (χ1n) is 4.40. The Morgan fingerprint density at radius 2 is 2.29 bits per heavy atom. The molecule has 2 rings (SSSR count). The van der Waals surface area contributed by atoms with E-state index in [0.717, 1.165) is 0 Å². The molecule has 1 aliphatic heterocycles. The highest BCUT2D eigenvalue weighted by Crippen LogP contribution is 2.24. The van der Waals surface area contributed by atoms with Crippen molar-refractivity contribution in [3.05, 3.63) is 29.6 Å². The van der Waals surface area contributed by atoms with Gasteiger partial charge in [0.25, 0.3) is 0 Å². The van der Waals surface area contributed by atoms with Gasteiger partial charge in [-0.05, 0) is 12.1 Å². The Morgan fingerprint density at radius 3 is 3.07 bits per heavy atom. The molecule has 1 atom stereocenters. The minimum absolute atomic E-state index is 0.183. The molecule has 0 saturated heterocycles. The van der Waals surface area contributed by atoms with Crippen LogP contribution < -0.4 is 10.5 Å². The van der Waals surface area contributed by atoms with E-state index in [-0.39, 0.29) is 5.78 Å². The van der Waals surface area contributed by atoms with Gasteiger partial charge in [0.1, 0.15) is 11.6 Å². The second kappa shape index (κ2) is 3.38. The van der Waals surface area contributed by atoms with Crippen molar-refractivity contribution in [2.45, 2.75) is 12.5 Å². The van der Waals surface area contributed by atoms with Crippen molar-refractivity contribution in [3.63, 3.8) is 0 Å². The summed E-state index contributed by atoms with van der Waals surface area (Å²) in [5.74, 6) is -0.299. The van der Waals surface area contributed by atoms with E-state index in [1.165, 1.54) is 18.2 Å². The maximum absolute atomic E-state index is 12.8. The molecular weight excluding hydrogens is 185 g/mol. The number of Topliss-reactive ketones (excluding diaryl/α,β-unsaturated/α-hetero) is 1. The van der Waals surface area contributed by atoms with Gasteiger partial charge >= 0.3 is 0 Å². The lowest BCUT2D eigenvalue weighted by molar-refractivity contribution is 0.0960. The normalized spacial score (nSPS) is 21.0. The minimum Gasteiger partial charge on any atom is -0.493 e. The van der Waals surface area contributed by atoms with Gasteiger partial charge in [0, 0.05) is 12.5 Å². The van der Waals surface area contributed by atoms with Crippen LogP contribution in [-0.2, 0) is 0 Å². The van der Waals surface area contributed by atoms with E-state index in [4.69, 9.17) is 10.5 Å². The Labute approximate surface area is 80.7 Å². The molecule has 2 N–H and O–H groups in total. The third-order valence-corrected chi connectivity index (χ3v) is 2.23. The summed E-state index contributed by atoms with van der Waals surface area (Å²) < 4.78 is 18.1. The molecule has 74 valence electrons. The Balaban J connectivity index is 2.48. The minimum atomic E-state index is -0.540. The average Bonchev–Trinajstić information content (AvgIpc) is 2.28. The van der Waals surface area contributed by atoms with E-state index in [1.807, 2.05) is 0 Å². The van der Waals surface area contributed by atoms with Gasteiger partial charge in [-0.3, -0.25) is 4.79 Å². The first-order valence-corrected chi connectivity index (χ1v) is 4.40. The van der Waals surface area contributed by atoms with Gasteiger partial charge in [-0.2, -0.15) is 0 Å². The van der Waals surface area contributed by atoms with Gasteiger partial charge in [0.05, 0.1) is 18.2 Å². The van der Waals surface area contributed by atoms with Gasteiger partial charge in [-0.15, -0.1) is 0 Å². The second-order valence-electron chi connectivity index (χ2n) is 3.25. The number of hydrogen-bond acceptors (Lipinski definition) is 3. The average molecular weight is 195 g/mol. The van der Waals surface area contributed by atoms with Crippen molar-refractivity contribution in [3.8, 4) is 5.75 Å². The zero-order valence-electron chi connectivity index (χ0n) is 7.50. The Hall–Kier alpha value is -1.42. The number of benzene rings is 1. The lowest BCUT2D eigenvalue weighted by Gasteiger charge is -2.05. The SMILES string of the molecule is NC1CCOc2cc(F)ccc2C1=O. The summed E-state index contributed by atoms with van der Waals surface area (Å²) in [4.78, 5) is 11.6. The van der Waals surface area contributed by atoms with Crippen LogP contribution in [0.2, 0.25) is 0 Å². The number of carbonyl (C=O) groups is 1. The second-order valence-corrected chi connectivity index (χ2v) is 3.25. The van der Waals surface area contributed by atoms with E-state index >= 15 is 0 Å². The van der Waals surface area contributed by atoms with Crippen molar-refractivity contribution < 1.29 is 13.9 Å². The molecule has 1 unspecified atom stereocenters. The quantitative estimate of drug-likeness (QED) is 0.674. The summed E-state index contributed by atoms with van der Waals surface area (Å²) in [5.41, 5.74) is 5.98. The first-order chi connectivity index (χ1) is 6.68. The molecule has 0 fully saturated rings. The number of rotatable bonds is 0. The third-order valence-electron chi connectivity index (χ3n) is 2.23. The molecule has 0 amide bonds. The van der Waals surface area contributed by atoms with Crippen LogP contribution in [0.4, 0.5) is 4.39 Å². The van der Waals surface area contributed by atoms with Crippen LogP contribution >= 0.6 is 0 Å². The Morgan fingerprint density at radius 1 is 1.50 bits per heavy atom. The standard InChI is InChI=1S/C10H10FNO2/c11-6-1-2-7-9(5-6)14-4-3-8(12)10(7)13/h1-2,5,8H,3-4,12H2. The van der Waals surface area contributed by atoms with Crippen LogP contribution in [0.25, 0.3) is 0 Å². The number of halogens is 1. The fourth-order valence-electron chi connectivity index (χ4n) is 1.45. The smallest absolute Gasteiger partial charge is 0.183 e.